The maximum absolute atomic E-state index is 11.5. The van der Waals surface area contributed by atoms with Gasteiger partial charge in [-0.15, -0.1) is 0 Å². The van der Waals surface area contributed by atoms with Crippen LogP contribution in [0.3, 0.4) is 0 Å². The van der Waals surface area contributed by atoms with Crippen molar-refractivity contribution in [2.45, 2.75) is 24.2 Å². The zero-order chi connectivity index (χ0) is 13.5. The summed E-state index contributed by atoms with van der Waals surface area (Å²) in [5.41, 5.74) is 1.77. The molecule has 4 atom stereocenters. The molecule has 1 saturated heterocycles. The normalized spacial score (nSPS) is 35.9. The molecule has 0 bridgehead atoms. The fourth-order valence-electron chi connectivity index (χ4n) is 1.84. The molecule has 2 rings (SSSR count). The van der Waals surface area contributed by atoms with Crippen LogP contribution in [0.5, 0.6) is 0 Å². The number of aliphatic hydroxyl groups excluding tert-OH is 2. The summed E-state index contributed by atoms with van der Waals surface area (Å²) < 4.78 is 5.94. The van der Waals surface area contributed by atoms with E-state index in [0.29, 0.717) is 0 Å². The topological polar surface area (TPSA) is 151 Å². The van der Waals surface area contributed by atoms with E-state index in [1.54, 1.807) is 0 Å². The van der Waals surface area contributed by atoms with Gasteiger partial charge in [0.2, 0.25) is 0 Å². The van der Waals surface area contributed by atoms with Crippen LogP contribution >= 0.6 is 0 Å². The van der Waals surface area contributed by atoms with Crippen molar-refractivity contribution < 1.29 is 20.1 Å². The summed E-state index contributed by atoms with van der Waals surface area (Å²) in [7, 11) is 0. The maximum atomic E-state index is 11.5. The van der Waals surface area contributed by atoms with Gasteiger partial charge in [0.05, 0.1) is 6.61 Å². The number of nitrogens with one attached hydrogen (secondary N) is 1. The fraction of sp³-hybridized carbons (Fsp3) is 0.556. The van der Waals surface area contributed by atoms with Crippen molar-refractivity contribution in [2.75, 3.05) is 6.61 Å². The summed E-state index contributed by atoms with van der Waals surface area (Å²) in [5, 5.41) is 28.5. The third-order valence-corrected chi connectivity index (χ3v) is 2.81. The van der Waals surface area contributed by atoms with Crippen molar-refractivity contribution in [1.29, 1.82) is 0 Å². The van der Waals surface area contributed by atoms with Crippen molar-refractivity contribution in [3.63, 3.8) is 0 Å². The van der Waals surface area contributed by atoms with Gasteiger partial charge in [0.1, 0.15) is 12.2 Å². The maximum Gasteiger partial charge on any atom is 0.330 e. The largest absolute Gasteiger partial charge is 0.394 e. The molecule has 1 aromatic heterocycles. The zero-order valence-electron chi connectivity index (χ0n) is 9.18. The molecule has 1 fully saturated rings. The minimum Gasteiger partial charge on any atom is -0.394 e. The second-order valence-electron chi connectivity index (χ2n) is 4.06. The highest BCUT2D eigenvalue weighted by molar-refractivity contribution is 4.99. The van der Waals surface area contributed by atoms with Crippen LogP contribution in [0.15, 0.2) is 21.9 Å². The minimum absolute atomic E-state index is 0.574. The number of hydrogen-bond donors (Lipinski definition) is 5. The van der Waals surface area contributed by atoms with Gasteiger partial charge in [-0.3, -0.25) is 20.1 Å². The van der Waals surface area contributed by atoms with E-state index >= 15 is 0 Å². The van der Waals surface area contributed by atoms with Crippen LogP contribution in [0.4, 0.5) is 0 Å². The molecule has 1 aliphatic rings. The number of aromatic nitrogens is 2. The standard InChI is InChI=1S/C9H13N3O6/c10-9(17)6(15)4(3-13)18-7(9)12-2-1-5(14)11-8(12)16/h1-2,4,6-7,13,15,17H,3,10H2,(H,11,14,16)/t4-,6-,7-,9-/m0/s1. The Balaban J connectivity index is 2.45. The molecule has 0 spiro atoms. The van der Waals surface area contributed by atoms with Gasteiger partial charge in [-0.1, -0.05) is 0 Å². The van der Waals surface area contributed by atoms with E-state index in [1.165, 1.54) is 0 Å². The number of H-pyrrole nitrogens is 1. The van der Waals surface area contributed by atoms with E-state index in [0.717, 1.165) is 16.8 Å². The number of hydrogen-bond acceptors (Lipinski definition) is 7. The lowest BCUT2D eigenvalue weighted by atomic mass is 10.1. The van der Waals surface area contributed by atoms with Gasteiger partial charge in [-0.25, -0.2) is 4.79 Å². The van der Waals surface area contributed by atoms with Crippen molar-refractivity contribution >= 4 is 0 Å². The second kappa shape index (κ2) is 4.30. The lowest BCUT2D eigenvalue weighted by molar-refractivity contribution is -0.107. The summed E-state index contributed by atoms with van der Waals surface area (Å²) in [6.45, 7) is -0.574. The van der Waals surface area contributed by atoms with E-state index in [9.17, 15) is 19.8 Å². The van der Waals surface area contributed by atoms with Crippen molar-refractivity contribution in [3.05, 3.63) is 33.1 Å². The first-order valence-electron chi connectivity index (χ1n) is 5.15. The van der Waals surface area contributed by atoms with E-state index in [2.05, 4.69) is 0 Å². The van der Waals surface area contributed by atoms with Gasteiger partial charge >= 0.3 is 5.69 Å². The van der Waals surface area contributed by atoms with Crippen LogP contribution in [-0.2, 0) is 4.74 Å². The molecule has 0 unspecified atom stereocenters. The molecule has 0 amide bonds. The van der Waals surface area contributed by atoms with Crippen LogP contribution < -0.4 is 17.0 Å². The van der Waals surface area contributed by atoms with Gasteiger partial charge in [-0.05, 0) is 0 Å². The third kappa shape index (κ3) is 1.87. The number of nitrogens with zero attached hydrogens (tertiary/aromatic N) is 1. The van der Waals surface area contributed by atoms with Gasteiger partial charge in [-0.2, -0.15) is 0 Å². The Bertz CT molecular complexity index is 550. The first-order valence-corrected chi connectivity index (χ1v) is 5.15. The zero-order valence-corrected chi connectivity index (χ0v) is 9.18. The third-order valence-electron chi connectivity index (χ3n) is 2.81. The monoisotopic (exact) mass is 259 g/mol. The molecule has 18 heavy (non-hydrogen) atoms. The van der Waals surface area contributed by atoms with E-state index in [-0.39, 0.29) is 0 Å². The molecule has 9 heteroatoms. The molecule has 0 aromatic carbocycles. The van der Waals surface area contributed by atoms with Crippen LogP contribution in [0, 0.1) is 0 Å². The molecule has 1 aliphatic heterocycles. The van der Waals surface area contributed by atoms with E-state index < -0.39 is 42.0 Å². The number of aromatic amines is 1. The SMILES string of the molecule is N[C@@]1(O)[C@@H](n2ccc(=O)[nH]c2=O)O[C@@H](CO)[C@@H]1O. The number of ether oxygens (including phenoxy) is 1. The summed E-state index contributed by atoms with van der Waals surface area (Å²) in [6.07, 6.45) is -3.01. The summed E-state index contributed by atoms with van der Waals surface area (Å²) in [5.74, 6) is 0. The Morgan fingerprint density at radius 2 is 2.22 bits per heavy atom. The molecule has 2 heterocycles. The highest BCUT2D eigenvalue weighted by atomic mass is 16.6. The van der Waals surface area contributed by atoms with Crippen LogP contribution in [-0.4, -0.2) is 49.4 Å². The number of aliphatic hydroxyl groups is 3. The lowest BCUT2D eigenvalue weighted by Gasteiger charge is -2.26. The molecule has 1 aromatic rings. The van der Waals surface area contributed by atoms with E-state index in [1.807, 2.05) is 4.98 Å². The van der Waals surface area contributed by atoms with Gasteiger partial charge in [0, 0.05) is 12.3 Å². The van der Waals surface area contributed by atoms with Gasteiger partial charge in [0.25, 0.3) is 5.56 Å². The molecular formula is C9H13N3O6. The summed E-state index contributed by atoms with van der Waals surface area (Å²) in [6, 6.07) is 1.04. The Hall–Kier alpha value is -1.52. The fourth-order valence-corrected chi connectivity index (χ4v) is 1.84. The van der Waals surface area contributed by atoms with Gasteiger partial charge in [0.15, 0.2) is 12.0 Å². The molecule has 0 saturated carbocycles. The molecule has 100 valence electrons. The van der Waals surface area contributed by atoms with Gasteiger partial charge < -0.3 is 20.1 Å². The Morgan fingerprint density at radius 1 is 1.56 bits per heavy atom. The smallest absolute Gasteiger partial charge is 0.330 e. The van der Waals surface area contributed by atoms with E-state index in [4.69, 9.17) is 15.6 Å². The second-order valence-corrected chi connectivity index (χ2v) is 4.06. The van der Waals surface area contributed by atoms with Crippen LogP contribution in [0.1, 0.15) is 6.23 Å². The highest BCUT2D eigenvalue weighted by Crippen LogP contribution is 2.33. The highest BCUT2D eigenvalue weighted by Gasteiger charge is 2.54. The molecular weight excluding hydrogens is 246 g/mol. The predicted molar refractivity (Wildman–Crippen MR) is 57.5 cm³/mol. The minimum atomic E-state index is -2.25. The number of rotatable bonds is 2. The van der Waals surface area contributed by atoms with Crippen molar-refractivity contribution in [2.24, 2.45) is 5.73 Å². The Morgan fingerprint density at radius 3 is 2.72 bits per heavy atom. The average molecular weight is 259 g/mol. The van der Waals surface area contributed by atoms with Crippen molar-refractivity contribution in [3.8, 4) is 0 Å². The molecule has 0 aliphatic carbocycles. The molecule has 0 radical (unpaired) electrons. The Kier molecular flexibility index (Phi) is 3.09. The molecule has 9 nitrogen and oxygen atoms in total. The average Bonchev–Trinajstić information content (AvgIpc) is 2.52. The van der Waals surface area contributed by atoms with Crippen LogP contribution in [0.25, 0.3) is 0 Å². The first kappa shape index (κ1) is 12.9. The lowest BCUT2D eigenvalue weighted by Crippen LogP contribution is -2.56. The summed E-state index contributed by atoms with van der Waals surface area (Å²) >= 11 is 0. The first-order chi connectivity index (χ1) is 8.37. The van der Waals surface area contributed by atoms with Crippen LogP contribution in [0.2, 0.25) is 0 Å². The van der Waals surface area contributed by atoms with Crippen molar-refractivity contribution in [1.82, 2.24) is 9.55 Å². The number of nitrogens with two attached hydrogens (primary N) is 1. The predicted octanol–water partition coefficient (Wildman–Crippen LogP) is -3.57. The summed E-state index contributed by atoms with van der Waals surface area (Å²) in [4.78, 5) is 24.4. The quantitative estimate of drug-likeness (QED) is 0.345. The molecule has 6 N–H and O–H groups in total. The Labute approximate surface area is 100 Å².